The molecule has 3 aromatic rings. The van der Waals surface area contributed by atoms with Crippen LogP contribution >= 0.6 is 0 Å². The Morgan fingerprint density at radius 2 is 1.73 bits per heavy atom. The molecule has 0 atom stereocenters. The molecule has 6 heteroatoms. The van der Waals surface area contributed by atoms with Gasteiger partial charge in [-0.25, -0.2) is 8.42 Å². The first-order chi connectivity index (χ1) is 12.5. The van der Waals surface area contributed by atoms with E-state index in [9.17, 15) is 13.7 Å². The fourth-order valence-corrected chi connectivity index (χ4v) is 4.09. The monoisotopic (exact) mass is 366 g/mol. The summed E-state index contributed by atoms with van der Waals surface area (Å²) in [6, 6.07) is 19.7. The number of sulfonamides is 1. The van der Waals surface area contributed by atoms with Crippen molar-refractivity contribution < 1.29 is 13.2 Å². The largest absolute Gasteiger partial charge is 0.497 e. The second-order valence-corrected chi connectivity index (χ2v) is 7.93. The summed E-state index contributed by atoms with van der Waals surface area (Å²) in [5.41, 5.74) is 1.01. The summed E-state index contributed by atoms with van der Waals surface area (Å²) in [5, 5.41) is 11.2. The minimum atomic E-state index is -3.75. The lowest BCUT2D eigenvalue weighted by molar-refractivity contribution is 0.415. The summed E-state index contributed by atoms with van der Waals surface area (Å²) >= 11 is 0. The second kappa shape index (κ2) is 7.16. The Morgan fingerprint density at radius 3 is 2.46 bits per heavy atom. The average Bonchev–Trinajstić information content (AvgIpc) is 2.67. The van der Waals surface area contributed by atoms with Crippen molar-refractivity contribution in [2.24, 2.45) is 0 Å². The Bertz CT molecular complexity index is 1100. The van der Waals surface area contributed by atoms with Crippen LogP contribution in [-0.2, 0) is 16.6 Å². The Kier molecular flexibility index (Phi) is 4.94. The minimum absolute atomic E-state index is 0.0236. The first kappa shape index (κ1) is 17.9. The van der Waals surface area contributed by atoms with Crippen LogP contribution in [0.15, 0.2) is 65.6 Å². The molecule has 26 heavy (non-hydrogen) atoms. The smallest absolute Gasteiger partial charge is 0.244 e. The fourth-order valence-electron chi connectivity index (χ4n) is 2.79. The molecular weight excluding hydrogens is 348 g/mol. The molecule has 132 valence electrons. The molecule has 0 saturated heterocycles. The van der Waals surface area contributed by atoms with Gasteiger partial charge in [0.15, 0.2) is 0 Å². The van der Waals surface area contributed by atoms with E-state index in [0.717, 1.165) is 22.1 Å². The topological polar surface area (TPSA) is 70.4 Å². The summed E-state index contributed by atoms with van der Waals surface area (Å²) in [6.45, 7) is 0.212. The molecule has 5 nitrogen and oxygen atoms in total. The lowest BCUT2D eigenvalue weighted by atomic mass is 10.1. The van der Waals surface area contributed by atoms with E-state index >= 15 is 0 Å². The zero-order valence-electron chi connectivity index (χ0n) is 14.5. The molecule has 0 amide bonds. The molecule has 0 aliphatic carbocycles. The van der Waals surface area contributed by atoms with Crippen LogP contribution in [0.1, 0.15) is 11.1 Å². The highest BCUT2D eigenvalue weighted by Gasteiger charge is 2.23. The van der Waals surface area contributed by atoms with Gasteiger partial charge in [0.1, 0.15) is 11.8 Å². The fraction of sp³-hybridized carbons (Fsp3) is 0.150. The predicted octanol–water partition coefficient (Wildman–Crippen LogP) is 3.54. The molecule has 0 radical (unpaired) electrons. The lowest BCUT2D eigenvalue weighted by Crippen LogP contribution is -2.27. The number of hydrogen-bond donors (Lipinski definition) is 0. The Hall–Kier alpha value is -2.88. The average molecular weight is 366 g/mol. The van der Waals surface area contributed by atoms with E-state index in [0.29, 0.717) is 0 Å². The maximum atomic E-state index is 12.8. The van der Waals surface area contributed by atoms with Gasteiger partial charge in [-0.15, -0.1) is 0 Å². The van der Waals surface area contributed by atoms with E-state index in [1.165, 1.54) is 23.5 Å². The third-order valence-electron chi connectivity index (χ3n) is 4.21. The normalized spacial score (nSPS) is 11.5. The molecule has 0 aliphatic heterocycles. The van der Waals surface area contributed by atoms with Gasteiger partial charge < -0.3 is 4.74 Å². The van der Waals surface area contributed by atoms with Crippen molar-refractivity contribution in [1.29, 1.82) is 5.26 Å². The van der Waals surface area contributed by atoms with Gasteiger partial charge in [0.2, 0.25) is 10.0 Å². The maximum Gasteiger partial charge on any atom is 0.244 e. The highest BCUT2D eigenvalue weighted by molar-refractivity contribution is 7.89. The highest BCUT2D eigenvalue weighted by Crippen LogP contribution is 2.24. The third kappa shape index (κ3) is 3.40. The van der Waals surface area contributed by atoms with Crippen molar-refractivity contribution in [3.8, 4) is 11.8 Å². The van der Waals surface area contributed by atoms with E-state index in [1.807, 2.05) is 42.5 Å². The number of rotatable bonds is 5. The molecule has 0 saturated carbocycles. The predicted molar refractivity (Wildman–Crippen MR) is 100 cm³/mol. The number of ether oxygens (including phenoxy) is 1. The molecule has 0 spiro atoms. The quantitative estimate of drug-likeness (QED) is 0.692. The number of hydrogen-bond acceptors (Lipinski definition) is 4. The minimum Gasteiger partial charge on any atom is -0.497 e. The molecule has 0 heterocycles. The van der Waals surface area contributed by atoms with Crippen LogP contribution < -0.4 is 4.74 Å². The van der Waals surface area contributed by atoms with Crippen molar-refractivity contribution >= 4 is 20.8 Å². The molecular formula is C20H18N2O3S. The van der Waals surface area contributed by atoms with E-state index < -0.39 is 10.0 Å². The zero-order valence-corrected chi connectivity index (χ0v) is 15.3. The van der Waals surface area contributed by atoms with Gasteiger partial charge in [-0.1, -0.05) is 30.3 Å². The first-order valence-corrected chi connectivity index (χ1v) is 9.42. The van der Waals surface area contributed by atoms with Gasteiger partial charge in [0, 0.05) is 13.6 Å². The van der Waals surface area contributed by atoms with Gasteiger partial charge >= 0.3 is 0 Å². The zero-order chi connectivity index (χ0) is 18.7. The van der Waals surface area contributed by atoms with Crippen molar-refractivity contribution in [2.75, 3.05) is 14.2 Å². The van der Waals surface area contributed by atoms with Crippen LogP contribution in [-0.4, -0.2) is 26.9 Å². The van der Waals surface area contributed by atoms with E-state index in [2.05, 4.69) is 0 Å². The van der Waals surface area contributed by atoms with E-state index in [-0.39, 0.29) is 17.0 Å². The van der Waals surface area contributed by atoms with Gasteiger partial charge in [-0.3, -0.25) is 0 Å². The highest BCUT2D eigenvalue weighted by atomic mass is 32.2. The van der Waals surface area contributed by atoms with Crippen LogP contribution in [0, 0.1) is 11.3 Å². The summed E-state index contributed by atoms with van der Waals surface area (Å²) in [4.78, 5) is 0.0236. The second-order valence-electron chi connectivity index (χ2n) is 5.92. The van der Waals surface area contributed by atoms with Gasteiger partial charge in [0.05, 0.1) is 17.6 Å². The molecule has 0 unspecified atom stereocenters. The summed E-state index contributed by atoms with van der Waals surface area (Å²) in [6.07, 6.45) is 0. The van der Waals surface area contributed by atoms with Crippen LogP contribution in [0.4, 0.5) is 0 Å². The molecule has 0 aromatic heterocycles. The summed E-state index contributed by atoms with van der Waals surface area (Å²) in [5.74, 6) is 0.776. The van der Waals surface area contributed by atoms with Gasteiger partial charge in [-0.05, 0) is 46.7 Å². The van der Waals surface area contributed by atoms with Crippen LogP contribution in [0.3, 0.4) is 0 Å². The third-order valence-corrected chi connectivity index (χ3v) is 6.07. The van der Waals surface area contributed by atoms with Crippen molar-refractivity contribution in [3.63, 3.8) is 0 Å². The SMILES string of the molecule is COc1ccc2cc(CN(C)S(=O)(=O)c3ccccc3C#N)ccc2c1. The number of benzene rings is 3. The lowest BCUT2D eigenvalue weighted by Gasteiger charge is -2.18. The number of nitriles is 1. The number of nitrogens with zero attached hydrogens (tertiary/aromatic N) is 2. The van der Waals surface area contributed by atoms with Crippen LogP contribution in [0.2, 0.25) is 0 Å². The summed E-state index contributed by atoms with van der Waals surface area (Å²) < 4.78 is 32.1. The maximum absolute atomic E-state index is 12.8. The van der Waals surface area contributed by atoms with Crippen molar-refractivity contribution in [2.45, 2.75) is 11.4 Å². The Balaban J connectivity index is 1.90. The Labute approximate surface area is 153 Å². The van der Waals surface area contributed by atoms with E-state index in [4.69, 9.17) is 4.74 Å². The van der Waals surface area contributed by atoms with Gasteiger partial charge in [0.25, 0.3) is 0 Å². The molecule has 0 N–H and O–H groups in total. The van der Waals surface area contributed by atoms with Gasteiger partial charge in [-0.2, -0.15) is 9.57 Å². The molecule has 0 fully saturated rings. The van der Waals surface area contributed by atoms with Crippen molar-refractivity contribution in [3.05, 3.63) is 71.8 Å². The molecule has 0 aliphatic rings. The standard InChI is InChI=1S/C20H18N2O3S/c1-22(26(23,24)20-6-4-3-5-18(20)13-21)14-15-7-8-17-12-19(25-2)10-9-16(17)11-15/h3-12H,14H2,1-2H3. The van der Waals surface area contributed by atoms with Crippen LogP contribution in [0.5, 0.6) is 5.75 Å². The molecule has 3 aromatic carbocycles. The number of methoxy groups -OCH3 is 1. The Morgan fingerprint density at radius 1 is 1.04 bits per heavy atom. The number of fused-ring (bicyclic) bond motifs is 1. The van der Waals surface area contributed by atoms with Crippen molar-refractivity contribution in [1.82, 2.24) is 4.31 Å². The summed E-state index contributed by atoms with van der Waals surface area (Å²) in [7, 11) is -0.618. The first-order valence-electron chi connectivity index (χ1n) is 7.98. The molecule has 3 rings (SSSR count). The molecule has 0 bridgehead atoms. The van der Waals surface area contributed by atoms with E-state index in [1.54, 1.807) is 19.2 Å². The van der Waals surface area contributed by atoms with Crippen LogP contribution in [0.25, 0.3) is 10.8 Å².